The van der Waals surface area contributed by atoms with Gasteiger partial charge in [-0.3, -0.25) is 4.21 Å². The van der Waals surface area contributed by atoms with Crippen LogP contribution in [0.25, 0.3) is 0 Å². The minimum Gasteiger partial charge on any atom is -0.310 e. The Hall–Kier alpha value is -0.810. The van der Waals surface area contributed by atoms with Gasteiger partial charge in [0.2, 0.25) is 0 Å². The van der Waals surface area contributed by atoms with Crippen molar-refractivity contribution in [2.45, 2.75) is 19.4 Å². The van der Waals surface area contributed by atoms with Crippen LogP contribution in [0.1, 0.15) is 24.9 Å². The van der Waals surface area contributed by atoms with Crippen LogP contribution in [0.15, 0.2) is 18.2 Å². The summed E-state index contributed by atoms with van der Waals surface area (Å²) in [5.41, 5.74) is 0.0603. The smallest absolute Gasteiger partial charge is 0.130 e. The van der Waals surface area contributed by atoms with Gasteiger partial charge in [-0.25, -0.2) is 8.78 Å². The molecule has 0 saturated heterocycles. The first kappa shape index (κ1) is 14.3. The summed E-state index contributed by atoms with van der Waals surface area (Å²) in [7, 11) is -0.822. The maximum atomic E-state index is 13.4. The van der Waals surface area contributed by atoms with E-state index in [2.05, 4.69) is 5.32 Å². The van der Waals surface area contributed by atoms with E-state index in [9.17, 15) is 13.0 Å². The maximum absolute atomic E-state index is 13.4. The summed E-state index contributed by atoms with van der Waals surface area (Å²) in [4.78, 5) is 0. The molecule has 1 aromatic carbocycles. The minimum atomic E-state index is -0.822. The molecule has 2 nitrogen and oxygen atoms in total. The number of halogens is 2. The first-order valence-electron chi connectivity index (χ1n) is 5.49. The standard InChI is InChI=1S/C12H17F2NOS/c1-9(15-7-4-8-17(2)16)12-10(13)5-3-6-11(12)14/h3,5-6,9,15H,4,7-8H2,1-2H3. The molecule has 0 bridgehead atoms. The summed E-state index contributed by atoms with van der Waals surface area (Å²) >= 11 is 0. The van der Waals surface area contributed by atoms with E-state index in [0.717, 1.165) is 6.42 Å². The molecular formula is C12H17F2NOS. The van der Waals surface area contributed by atoms with Crippen molar-refractivity contribution < 1.29 is 13.0 Å². The lowest BCUT2D eigenvalue weighted by molar-refractivity contribution is 0.488. The minimum absolute atomic E-state index is 0.0603. The molecule has 0 saturated carbocycles. The van der Waals surface area contributed by atoms with Gasteiger partial charge in [0.05, 0.1) is 0 Å². The number of benzene rings is 1. The number of rotatable bonds is 6. The van der Waals surface area contributed by atoms with Crippen molar-refractivity contribution in [3.63, 3.8) is 0 Å². The SMILES string of the molecule is CC(NCCCS(C)=O)c1c(F)cccc1F. The molecule has 96 valence electrons. The largest absolute Gasteiger partial charge is 0.310 e. The quantitative estimate of drug-likeness (QED) is 0.797. The van der Waals surface area contributed by atoms with E-state index in [-0.39, 0.29) is 11.6 Å². The average molecular weight is 261 g/mol. The van der Waals surface area contributed by atoms with Gasteiger partial charge in [0, 0.05) is 34.4 Å². The molecule has 0 fully saturated rings. The highest BCUT2D eigenvalue weighted by molar-refractivity contribution is 7.84. The highest BCUT2D eigenvalue weighted by Gasteiger charge is 2.14. The van der Waals surface area contributed by atoms with Crippen LogP contribution < -0.4 is 5.32 Å². The fraction of sp³-hybridized carbons (Fsp3) is 0.500. The summed E-state index contributed by atoms with van der Waals surface area (Å²) in [5.74, 6) is -0.479. The van der Waals surface area contributed by atoms with Crippen molar-refractivity contribution in [1.29, 1.82) is 0 Å². The highest BCUT2D eigenvalue weighted by Crippen LogP contribution is 2.19. The number of hydrogen-bond acceptors (Lipinski definition) is 2. The van der Waals surface area contributed by atoms with Crippen molar-refractivity contribution in [3.05, 3.63) is 35.4 Å². The topological polar surface area (TPSA) is 29.1 Å². The fourth-order valence-corrected chi connectivity index (χ4v) is 2.17. The second-order valence-electron chi connectivity index (χ2n) is 3.94. The first-order chi connectivity index (χ1) is 8.02. The normalized spacial score (nSPS) is 14.6. The molecule has 0 heterocycles. The third-order valence-corrected chi connectivity index (χ3v) is 3.36. The van der Waals surface area contributed by atoms with Crippen LogP contribution in [0.2, 0.25) is 0 Å². The molecule has 1 N–H and O–H groups in total. The van der Waals surface area contributed by atoms with Crippen molar-refractivity contribution in [3.8, 4) is 0 Å². The molecule has 2 unspecified atom stereocenters. The van der Waals surface area contributed by atoms with Gasteiger partial charge >= 0.3 is 0 Å². The van der Waals surface area contributed by atoms with Gasteiger partial charge in [0.25, 0.3) is 0 Å². The zero-order chi connectivity index (χ0) is 12.8. The molecule has 0 aliphatic carbocycles. The van der Waals surface area contributed by atoms with Crippen molar-refractivity contribution in [2.24, 2.45) is 0 Å². The zero-order valence-corrected chi connectivity index (χ0v) is 10.8. The summed E-state index contributed by atoms with van der Waals surface area (Å²) in [5, 5.41) is 3.02. The van der Waals surface area contributed by atoms with Crippen molar-refractivity contribution in [1.82, 2.24) is 5.32 Å². The van der Waals surface area contributed by atoms with E-state index in [4.69, 9.17) is 0 Å². The van der Waals surface area contributed by atoms with E-state index in [0.29, 0.717) is 12.3 Å². The Kier molecular flexibility index (Phi) is 5.71. The summed E-state index contributed by atoms with van der Waals surface area (Å²) in [6.07, 6.45) is 2.36. The number of nitrogens with one attached hydrogen (secondary N) is 1. The van der Waals surface area contributed by atoms with Crippen molar-refractivity contribution >= 4 is 10.8 Å². The van der Waals surface area contributed by atoms with E-state index in [1.54, 1.807) is 13.2 Å². The van der Waals surface area contributed by atoms with Crippen LogP contribution >= 0.6 is 0 Å². The van der Waals surface area contributed by atoms with Gasteiger partial charge < -0.3 is 5.32 Å². The van der Waals surface area contributed by atoms with E-state index in [1.165, 1.54) is 18.2 Å². The molecular weight excluding hydrogens is 244 g/mol. The predicted molar refractivity (Wildman–Crippen MR) is 66.3 cm³/mol. The molecule has 0 amide bonds. The third kappa shape index (κ3) is 4.52. The molecule has 0 aliphatic rings. The van der Waals surface area contributed by atoms with Crippen LogP contribution in [0.5, 0.6) is 0 Å². The van der Waals surface area contributed by atoms with Gasteiger partial charge in [0.1, 0.15) is 11.6 Å². The Morgan fingerprint density at radius 3 is 2.47 bits per heavy atom. The Morgan fingerprint density at radius 1 is 1.35 bits per heavy atom. The van der Waals surface area contributed by atoms with Gasteiger partial charge in [0.15, 0.2) is 0 Å². The van der Waals surface area contributed by atoms with Crippen LogP contribution in [0.3, 0.4) is 0 Å². The molecule has 1 aromatic rings. The van der Waals surface area contributed by atoms with E-state index >= 15 is 0 Å². The van der Waals surface area contributed by atoms with Crippen LogP contribution in [0, 0.1) is 11.6 Å². The fourth-order valence-electron chi connectivity index (χ4n) is 1.62. The predicted octanol–water partition coefficient (Wildman–Crippen LogP) is 2.38. The Morgan fingerprint density at radius 2 is 1.94 bits per heavy atom. The molecule has 0 radical (unpaired) electrons. The second-order valence-corrected chi connectivity index (χ2v) is 5.50. The van der Waals surface area contributed by atoms with Crippen LogP contribution in [0.4, 0.5) is 8.78 Å². The van der Waals surface area contributed by atoms with Crippen molar-refractivity contribution in [2.75, 3.05) is 18.6 Å². The summed E-state index contributed by atoms with van der Waals surface area (Å²) in [6.45, 7) is 2.30. The average Bonchev–Trinajstić information content (AvgIpc) is 2.24. The maximum Gasteiger partial charge on any atom is 0.130 e. The lowest BCUT2D eigenvalue weighted by Crippen LogP contribution is -2.23. The van der Waals surface area contributed by atoms with Gasteiger partial charge in [-0.05, 0) is 32.0 Å². The summed E-state index contributed by atoms with van der Waals surface area (Å²) < 4.78 is 37.6. The third-order valence-electron chi connectivity index (χ3n) is 2.49. The lowest BCUT2D eigenvalue weighted by atomic mass is 10.1. The first-order valence-corrected chi connectivity index (χ1v) is 7.22. The second kappa shape index (κ2) is 6.81. The lowest BCUT2D eigenvalue weighted by Gasteiger charge is -2.15. The molecule has 5 heteroatoms. The van der Waals surface area contributed by atoms with Crippen LogP contribution in [-0.2, 0) is 10.8 Å². The summed E-state index contributed by atoms with van der Waals surface area (Å²) in [6, 6.07) is 3.46. The zero-order valence-electron chi connectivity index (χ0n) is 10.0. The Labute approximate surface area is 103 Å². The van der Waals surface area contributed by atoms with Gasteiger partial charge in [-0.1, -0.05) is 6.07 Å². The Balaban J connectivity index is 2.52. The van der Waals surface area contributed by atoms with Crippen LogP contribution in [-0.4, -0.2) is 22.8 Å². The van der Waals surface area contributed by atoms with Gasteiger partial charge in [-0.15, -0.1) is 0 Å². The molecule has 0 aliphatic heterocycles. The molecule has 1 rings (SSSR count). The van der Waals surface area contributed by atoms with E-state index < -0.39 is 22.4 Å². The number of hydrogen-bond donors (Lipinski definition) is 1. The van der Waals surface area contributed by atoms with E-state index in [1.807, 2.05) is 0 Å². The van der Waals surface area contributed by atoms with Gasteiger partial charge in [-0.2, -0.15) is 0 Å². The molecule has 17 heavy (non-hydrogen) atoms. The monoisotopic (exact) mass is 261 g/mol. The Bertz CT molecular complexity index is 378. The molecule has 0 aromatic heterocycles. The molecule has 2 atom stereocenters. The molecule has 0 spiro atoms. The highest BCUT2D eigenvalue weighted by atomic mass is 32.2.